The van der Waals surface area contributed by atoms with Gasteiger partial charge < -0.3 is 5.32 Å². The van der Waals surface area contributed by atoms with Crippen LogP contribution >= 0.6 is 11.3 Å². The minimum Gasteiger partial charge on any atom is -0.320 e. The second-order valence-electron chi connectivity index (χ2n) is 4.22. The van der Waals surface area contributed by atoms with Crippen LogP contribution in [0.25, 0.3) is 4.96 Å². The molecule has 2 heterocycles. The van der Waals surface area contributed by atoms with E-state index in [4.69, 9.17) is 0 Å². The number of carbonyl (C=O) groups excluding carboxylic acids is 1. The molecule has 1 N–H and O–H groups in total. The van der Waals surface area contributed by atoms with Crippen molar-refractivity contribution < 1.29 is 4.79 Å². The maximum Gasteiger partial charge on any atom is 0.286 e. The summed E-state index contributed by atoms with van der Waals surface area (Å²) in [7, 11) is 0. The number of nitrogens with zero attached hydrogens (tertiary/aromatic N) is 4. The zero-order valence-electron chi connectivity index (χ0n) is 10.4. The van der Waals surface area contributed by atoms with Crippen LogP contribution in [0.2, 0.25) is 0 Å². The van der Waals surface area contributed by atoms with Gasteiger partial charge in [0.15, 0.2) is 0 Å². The molecular formula is C12H11N5OS. The Morgan fingerprint density at radius 2 is 2.16 bits per heavy atom. The highest BCUT2D eigenvalue weighted by atomic mass is 32.1. The molecule has 0 radical (unpaired) electrons. The Balaban J connectivity index is 1.84. The van der Waals surface area contributed by atoms with Crippen LogP contribution in [-0.2, 0) is 0 Å². The highest BCUT2D eigenvalue weighted by Crippen LogP contribution is 2.17. The molecule has 0 fully saturated rings. The molecule has 3 aromatic rings. The van der Waals surface area contributed by atoms with Crippen molar-refractivity contribution in [2.75, 3.05) is 5.32 Å². The number of fused-ring (bicyclic) bond motifs is 1. The number of nitrogens with one attached hydrogen (secondary N) is 1. The van der Waals surface area contributed by atoms with Crippen molar-refractivity contribution in [3.8, 4) is 0 Å². The van der Waals surface area contributed by atoms with Crippen LogP contribution in [0.1, 0.15) is 20.9 Å². The van der Waals surface area contributed by atoms with Gasteiger partial charge in [0.25, 0.3) is 5.91 Å². The van der Waals surface area contributed by atoms with Crippen molar-refractivity contribution in [3.63, 3.8) is 0 Å². The second kappa shape index (κ2) is 4.43. The molecule has 0 aliphatic carbocycles. The van der Waals surface area contributed by atoms with Crippen LogP contribution in [0.15, 0.2) is 24.5 Å². The lowest BCUT2D eigenvalue weighted by Gasteiger charge is -2.05. The van der Waals surface area contributed by atoms with Crippen LogP contribution < -0.4 is 5.32 Å². The van der Waals surface area contributed by atoms with Crippen molar-refractivity contribution in [3.05, 3.63) is 40.7 Å². The first-order chi connectivity index (χ1) is 9.13. The Labute approximate surface area is 113 Å². The van der Waals surface area contributed by atoms with Crippen molar-refractivity contribution in [1.29, 1.82) is 0 Å². The zero-order valence-corrected chi connectivity index (χ0v) is 11.2. The highest BCUT2D eigenvalue weighted by Gasteiger charge is 2.13. The Hall–Kier alpha value is -2.28. The molecule has 0 aliphatic heterocycles. The summed E-state index contributed by atoms with van der Waals surface area (Å²) in [5.74, 6) is -0.237. The van der Waals surface area contributed by atoms with E-state index in [9.17, 15) is 4.79 Å². The average Bonchev–Trinajstić information content (AvgIpc) is 2.94. The van der Waals surface area contributed by atoms with E-state index in [2.05, 4.69) is 20.6 Å². The van der Waals surface area contributed by atoms with Gasteiger partial charge in [-0.3, -0.25) is 4.79 Å². The molecule has 19 heavy (non-hydrogen) atoms. The number of hydrogen-bond donors (Lipinski definition) is 1. The Bertz CT molecular complexity index is 732. The molecule has 0 saturated heterocycles. The standard InChI is InChI=1S/C12H11N5OS/c1-7-3-4-9(5-8(7)2)14-10(18)11-16-17-6-13-15-12(17)19-11/h3-6H,1-2H3,(H,14,18). The fraction of sp³-hybridized carbons (Fsp3) is 0.167. The fourth-order valence-electron chi connectivity index (χ4n) is 1.66. The van der Waals surface area contributed by atoms with Gasteiger partial charge in [0, 0.05) is 5.69 Å². The van der Waals surface area contributed by atoms with Crippen molar-refractivity contribution in [2.45, 2.75) is 13.8 Å². The zero-order chi connectivity index (χ0) is 13.4. The predicted molar refractivity (Wildman–Crippen MR) is 72.5 cm³/mol. The minimum absolute atomic E-state index is 0.237. The largest absolute Gasteiger partial charge is 0.320 e. The molecule has 0 unspecified atom stereocenters. The van der Waals surface area contributed by atoms with E-state index in [1.54, 1.807) is 0 Å². The second-order valence-corrected chi connectivity index (χ2v) is 5.17. The quantitative estimate of drug-likeness (QED) is 0.775. The molecular weight excluding hydrogens is 262 g/mol. The Kier molecular flexibility index (Phi) is 2.75. The van der Waals surface area contributed by atoms with Gasteiger partial charge >= 0.3 is 0 Å². The summed E-state index contributed by atoms with van der Waals surface area (Å²) in [6.07, 6.45) is 1.47. The Morgan fingerprint density at radius 1 is 1.32 bits per heavy atom. The monoisotopic (exact) mass is 273 g/mol. The molecule has 0 aliphatic rings. The lowest BCUT2D eigenvalue weighted by molar-refractivity contribution is 0.102. The molecule has 0 atom stereocenters. The van der Waals surface area contributed by atoms with Crippen LogP contribution in [0, 0.1) is 13.8 Å². The Morgan fingerprint density at radius 3 is 2.89 bits per heavy atom. The summed E-state index contributed by atoms with van der Waals surface area (Å²) in [6, 6.07) is 5.79. The first-order valence-corrected chi connectivity index (χ1v) is 6.50. The van der Waals surface area contributed by atoms with Crippen molar-refractivity contribution in [2.24, 2.45) is 0 Å². The molecule has 96 valence electrons. The average molecular weight is 273 g/mol. The third kappa shape index (κ3) is 2.19. The summed E-state index contributed by atoms with van der Waals surface area (Å²) in [6.45, 7) is 4.04. The number of amides is 1. The first-order valence-electron chi connectivity index (χ1n) is 5.69. The van der Waals surface area contributed by atoms with Gasteiger partial charge in [0.05, 0.1) is 0 Å². The molecule has 6 nitrogen and oxygen atoms in total. The van der Waals surface area contributed by atoms with E-state index in [0.717, 1.165) is 11.3 Å². The topological polar surface area (TPSA) is 72.2 Å². The van der Waals surface area contributed by atoms with E-state index >= 15 is 0 Å². The highest BCUT2D eigenvalue weighted by molar-refractivity contribution is 7.18. The van der Waals surface area contributed by atoms with Crippen LogP contribution in [0.3, 0.4) is 0 Å². The number of aromatic nitrogens is 4. The third-order valence-corrected chi connectivity index (χ3v) is 3.76. The summed E-state index contributed by atoms with van der Waals surface area (Å²) in [5.41, 5.74) is 3.09. The van der Waals surface area contributed by atoms with Gasteiger partial charge in [-0.05, 0) is 37.1 Å². The third-order valence-electron chi connectivity index (χ3n) is 2.85. The first kappa shape index (κ1) is 11.8. The number of benzene rings is 1. The number of aryl methyl sites for hydroxylation is 2. The maximum absolute atomic E-state index is 12.1. The smallest absolute Gasteiger partial charge is 0.286 e. The molecule has 0 bridgehead atoms. The van der Waals surface area contributed by atoms with Crippen LogP contribution in [0.4, 0.5) is 5.69 Å². The number of carbonyl (C=O) groups is 1. The van der Waals surface area contributed by atoms with Gasteiger partial charge in [-0.1, -0.05) is 17.4 Å². The summed E-state index contributed by atoms with van der Waals surface area (Å²) in [5, 5.41) is 14.8. The normalized spacial score (nSPS) is 10.8. The van der Waals surface area contributed by atoms with E-state index < -0.39 is 0 Å². The van der Waals surface area contributed by atoms with Gasteiger partial charge in [-0.2, -0.15) is 4.52 Å². The molecule has 1 amide bonds. The van der Waals surface area contributed by atoms with E-state index in [0.29, 0.717) is 9.97 Å². The lowest BCUT2D eigenvalue weighted by Crippen LogP contribution is -2.12. The summed E-state index contributed by atoms with van der Waals surface area (Å²) in [4.78, 5) is 12.7. The molecule has 0 saturated carbocycles. The van der Waals surface area contributed by atoms with E-state index in [-0.39, 0.29) is 5.91 Å². The molecule has 0 spiro atoms. The molecule has 3 rings (SSSR count). The fourth-order valence-corrected chi connectivity index (χ4v) is 2.37. The van der Waals surface area contributed by atoms with E-state index in [1.165, 1.54) is 27.7 Å². The van der Waals surface area contributed by atoms with Gasteiger partial charge in [0.1, 0.15) is 6.33 Å². The van der Waals surface area contributed by atoms with Crippen molar-refractivity contribution >= 4 is 27.9 Å². The van der Waals surface area contributed by atoms with Crippen molar-refractivity contribution in [1.82, 2.24) is 19.8 Å². The lowest BCUT2D eigenvalue weighted by atomic mass is 10.1. The number of rotatable bonds is 2. The summed E-state index contributed by atoms with van der Waals surface area (Å²) < 4.78 is 1.49. The predicted octanol–water partition coefficient (Wildman–Crippen LogP) is 2.05. The number of anilines is 1. The van der Waals surface area contributed by atoms with Gasteiger partial charge in [-0.25, -0.2) is 0 Å². The van der Waals surface area contributed by atoms with Crippen LogP contribution in [-0.4, -0.2) is 25.7 Å². The molecule has 7 heteroatoms. The van der Waals surface area contributed by atoms with E-state index in [1.807, 2.05) is 32.0 Å². The number of hydrogen-bond acceptors (Lipinski definition) is 5. The SMILES string of the molecule is Cc1ccc(NC(=O)c2nn3cnnc3s2)cc1C. The molecule has 1 aromatic carbocycles. The van der Waals surface area contributed by atoms with Crippen LogP contribution in [0.5, 0.6) is 0 Å². The summed E-state index contributed by atoms with van der Waals surface area (Å²) >= 11 is 1.20. The van der Waals surface area contributed by atoms with Gasteiger partial charge in [0.2, 0.25) is 9.97 Å². The molecule has 2 aromatic heterocycles. The van der Waals surface area contributed by atoms with Gasteiger partial charge in [-0.15, -0.1) is 15.3 Å². The minimum atomic E-state index is -0.237. The maximum atomic E-state index is 12.1.